The molecule has 12 nitrogen and oxygen atoms in total. The van der Waals surface area contributed by atoms with Gasteiger partial charge >= 0.3 is 18.1 Å². The molecule has 1 aliphatic heterocycles. The summed E-state index contributed by atoms with van der Waals surface area (Å²) in [5, 5.41) is 16.0. The first-order chi connectivity index (χ1) is 16.4. The quantitative estimate of drug-likeness (QED) is 0.105. The van der Waals surface area contributed by atoms with E-state index >= 15 is 0 Å². The van der Waals surface area contributed by atoms with Crippen LogP contribution in [-0.4, -0.2) is 53.2 Å². The van der Waals surface area contributed by atoms with E-state index in [1.807, 2.05) is 18.2 Å². The summed E-state index contributed by atoms with van der Waals surface area (Å²) >= 11 is 0. The first kappa shape index (κ1) is 27.2. The van der Waals surface area contributed by atoms with Crippen LogP contribution in [0, 0.1) is 11.3 Å². The molecule has 0 radical (unpaired) electrons. The third kappa shape index (κ3) is 7.21. The van der Waals surface area contributed by atoms with Crippen LogP contribution in [0.25, 0.3) is 10.4 Å². The highest BCUT2D eigenvalue weighted by Gasteiger charge is 2.54. The smallest absolute Gasteiger partial charge is 0.414 e. The molecule has 3 amide bonds. The Morgan fingerprint density at radius 1 is 1.34 bits per heavy atom. The topological polar surface area (TPSA) is 170 Å². The second-order valence-corrected chi connectivity index (χ2v) is 9.11. The number of urea groups is 1. The zero-order valence-electron chi connectivity index (χ0n) is 20.3. The Bertz CT molecular complexity index is 1020. The molecular weight excluding hydrogens is 454 g/mol. The van der Waals surface area contributed by atoms with Crippen molar-refractivity contribution in [1.82, 2.24) is 15.5 Å². The molecule has 188 valence electrons. The Labute approximate surface area is 203 Å². The minimum absolute atomic E-state index is 0.0331. The summed E-state index contributed by atoms with van der Waals surface area (Å²) in [5.74, 6) is -1.98. The molecule has 0 saturated carbocycles. The van der Waals surface area contributed by atoms with Gasteiger partial charge in [0.15, 0.2) is 5.54 Å². The Morgan fingerprint density at radius 3 is 2.57 bits per heavy atom. The van der Waals surface area contributed by atoms with Gasteiger partial charge in [-0.2, -0.15) is 0 Å². The third-order valence-electron chi connectivity index (χ3n) is 5.27. The number of likely N-dealkylation sites (tertiary alicyclic amines) is 1. The Balaban J connectivity index is 2.17. The number of nitrogens with zero attached hydrogens (tertiary/aromatic N) is 4. The van der Waals surface area contributed by atoms with E-state index in [1.165, 1.54) is 4.90 Å². The number of benzene rings is 1. The van der Waals surface area contributed by atoms with Crippen molar-refractivity contribution in [1.29, 1.82) is 5.41 Å². The van der Waals surface area contributed by atoms with Gasteiger partial charge in [-0.1, -0.05) is 41.5 Å². The van der Waals surface area contributed by atoms with Crippen molar-refractivity contribution < 1.29 is 23.9 Å². The number of guanidine groups is 1. The molecule has 1 aliphatic rings. The molecule has 0 aromatic heterocycles. The summed E-state index contributed by atoms with van der Waals surface area (Å²) in [6, 6.07) is 8.30. The highest BCUT2D eigenvalue weighted by atomic mass is 16.6. The average molecular weight is 486 g/mol. The monoisotopic (exact) mass is 485 g/mol. The van der Waals surface area contributed by atoms with Crippen LogP contribution in [0.3, 0.4) is 0 Å². The van der Waals surface area contributed by atoms with E-state index in [-0.39, 0.29) is 19.5 Å². The number of rotatable bonds is 6. The standard InChI is InChI=1S/C23H31N7O5/c1-6-10-17-13-30(20(32)26-19(24)27-21(33)35-22(3,4)5)14-23(17,28-29-25)18(31)34-15(2)16-11-8-7-9-12-16/h6-9,11-12,15,17H,1,10,13-14H2,2-5H3,(H3,24,26,27,32,33)/t15-,17+,23?/m1/s1. The molecule has 3 atom stereocenters. The SMILES string of the molecule is C=CC[C@H]1CN(C(=O)NC(=N)NC(=O)OC(C)(C)C)CC1(N=[N+]=[N-])C(=O)O[C@H](C)c1ccccc1. The lowest BCUT2D eigenvalue weighted by Crippen LogP contribution is -2.50. The van der Waals surface area contributed by atoms with Gasteiger partial charge in [0.25, 0.3) is 0 Å². The van der Waals surface area contributed by atoms with Crippen LogP contribution in [0.5, 0.6) is 0 Å². The number of hydrogen-bond acceptors (Lipinski definition) is 7. The highest BCUT2D eigenvalue weighted by molar-refractivity contribution is 6.01. The van der Waals surface area contributed by atoms with Gasteiger partial charge in [-0.3, -0.25) is 20.8 Å². The molecule has 1 saturated heterocycles. The van der Waals surface area contributed by atoms with Crippen LogP contribution < -0.4 is 10.6 Å². The van der Waals surface area contributed by atoms with E-state index in [1.54, 1.807) is 45.9 Å². The fourth-order valence-electron chi connectivity index (χ4n) is 3.67. The van der Waals surface area contributed by atoms with Gasteiger partial charge in [0.2, 0.25) is 5.96 Å². The van der Waals surface area contributed by atoms with Gasteiger partial charge in [0, 0.05) is 23.9 Å². The zero-order chi connectivity index (χ0) is 26.2. The molecule has 0 spiro atoms. The van der Waals surface area contributed by atoms with Crippen molar-refractivity contribution in [2.45, 2.75) is 51.4 Å². The second-order valence-electron chi connectivity index (χ2n) is 9.11. The number of nitrogens with one attached hydrogen (secondary N) is 3. The van der Waals surface area contributed by atoms with Crippen LogP contribution in [-0.2, 0) is 14.3 Å². The molecule has 1 fully saturated rings. The number of carbonyl (C=O) groups is 3. The number of hydrogen-bond donors (Lipinski definition) is 3. The van der Waals surface area contributed by atoms with Crippen molar-refractivity contribution in [3.63, 3.8) is 0 Å². The summed E-state index contributed by atoms with van der Waals surface area (Å²) in [6.07, 6.45) is 0.308. The molecule has 0 aliphatic carbocycles. The lowest BCUT2D eigenvalue weighted by Gasteiger charge is -2.28. The van der Waals surface area contributed by atoms with E-state index in [9.17, 15) is 19.9 Å². The fraction of sp³-hybridized carbons (Fsp3) is 0.478. The molecule has 12 heteroatoms. The minimum Gasteiger partial charge on any atom is -0.457 e. The molecule has 1 heterocycles. The van der Waals surface area contributed by atoms with Gasteiger partial charge in [0.05, 0.1) is 0 Å². The first-order valence-corrected chi connectivity index (χ1v) is 11.0. The van der Waals surface area contributed by atoms with Crippen molar-refractivity contribution in [3.8, 4) is 0 Å². The highest BCUT2D eigenvalue weighted by Crippen LogP contribution is 2.37. The van der Waals surface area contributed by atoms with E-state index < -0.39 is 47.2 Å². The zero-order valence-corrected chi connectivity index (χ0v) is 20.3. The van der Waals surface area contributed by atoms with Gasteiger partial charge < -0.3 is 14.4 Å². The maximum absolute atomic E-state index is 13.3. The molecule has 1 aromatic rings. The lowest BCUT2D eigenvalue weighted by atomic mass is 9.85. The van der Waals surface area contributed by atoms with E-state index in [0.717, 1.165) is 5.56 Å². The van der Waals surface area contributed by atoms with Crippen molar-refractivity contribution in [3.05, 3.63) is 59.0 Å². The van der Waals surface area contributed by atoms with Gasteiger partial charge in [-0.25, -0.2) is 9.59 Å². The number of azide groups is 1. The van der Waals surface area contributed by atoms with Crippen molar-refractivity contribution in [2.24, 2.45) is 11.0 Å². The molecule has 3 N–H and O–H groups in total. The maximum Gasteiger partial charge on any atom is 0.414 e. The molecule has 1 aromatic carbocycles. The predicted octanol–water partition coefficient (Wildman–Crippen LogP) is 4.02. The van der Waals surface area contributed by atoms with E-state index in [4.69, 9.17) is 14.9 Å². The normalized spacial score (nSPS) is 20.1. The molecule has 2 rings (SSSR count). The number of allylic oxidation sites excluding steroid dienone is 1. The third-order valence-corrected chi connectivity index (χ3v) is 5.27. The van der Waals surface area contributed by atoms with Crippen LogP contribution in [0.15, 0.2) is 48.1 Å². The van der Waals surface area contributed by atoms with Crippen LogP contribution in [0.4, 0.5) is 9.59 Å². The number of alkyl carbamates (subject to hydrolysis) is 1. The second kappa shape index (κ2) is 11.4. The summed E-state index contributed by atoms with van der Waals surface area (Å²) in [7, 11) is 0. The van der Waals surface area contributed by atoms with Gasteiger partial charge in [0.1, 0.15) is 11.7 Å². The van der Waals surface area contributed by atoms with Gasteiger partial charge in [-0.15, -0.1) is 6.58 Å². The predicted molar refractivity (Wildman–Crippen MR) is 128 cm³/mol. The summed E-state index contributed by atoms with van der Waals surface area (Å²) in [6.45, 7) is 10.1. The molecular formula is C23H31N7O5. The summed E-state index contributed by atoms with van der Waals surface area (Å²) < 4.78 is 10.7. The lowest BCUT2D eigenvalue weighted by molar-refractivity contribution is -0.156. The van der Waals surface area contributed by atoms with Crippen LogP contribution in [0.1, 0.15) is 45.8 Å². The van der Waals surface area contributed by atoms with Crippen molar-refractivity contribution >= 4 is 24.1 Å². The number of ether oxygens (including phenoxy) is 2. The van der Waals surface area contributed by atoms with Crippen LogP contribution in [0.2, 0.25) is 0 Å². The Kier molecular flexibility index (Phi) is 8.85. The van der Waals surface area contributed by atoms with E-state index in [0.29, 0.717) is 0 Å². The summed E-state index contributed by atoms with van der Waals surface area (Å²) in [5.41, 5.74) is 7.53. The molecule has 1 unspecified atom stereocenters. The van der Waals surface area contributed by atoms with E-state index in [2.05, 4.69) is 27.2 Å². The number of carbonyl (C=O) groups excluding carboxylic acids is 3. The van der Waals surface area contributed by atoms with Crippen LogP contribution >= 0.6 is 0 Å². The fourth-order valence-corrected chi connectivity index (χ4v) is 3.67. The number of esters is 1. The van der Waals surface area contributed by atoms with Gasteiger partial charge in [-0.05, 0) is 45.2 Å². The summed E-state index contributed by atoms with van der Waals surface area (Å²) in [4.78, 5) is 42.0. The van der Waals surface area contributed by atoms with Crippen molar-refractivity contribution in [2.75, 3.05) is 13.1 Å². The first-order valence-electron chi connectivity index (χ1n) is 11.0. The Hall–Kier alpha value is -4.05. The minimum atomic E-state index is -1.69. The Morgan fingerprint density at radius 2 is 2.00 bits per heavy atom. The largest absolute Gasteiger partial charge is 0.457 e. The number of amides is 3. The molecule has 35 heavy (non-hydrogen) atoms. The maximum atomic E-state index is 13.3. The average Bonchev–Trinajstić information content (AvgIpc) is 3.13. The molecule has 0 bridgehead atoms.